The number of nitrogens with zero attached hydrogens (tertiary/aromatic N) is 2. The van der Waals surface area contributed by atoms with Crippen molar-refractivity contribution in [3.63, 3.8) is 0 Å². The Labute approximate surface area is 190 Å². The topological polar surface area (TPSA) is 76.6 Å². The van der Waals surface area contributed by atoms with E-state index in [0.29, 0.717) is 6.54 Å². The Bertz CT molecular complexity index is 883. The Kier molecular flexibility index (Phi) is 8.30. The Morgan fingerprint density at radius 3 is 2.38 bits per heavy atom. The molecule has 1 aliphatic rings. The minimum absolute atomic E-state index is 0.0609. The van der Waals surface area contributed by atoms with E-state index in [2.05, 4.69) is 20.5 Å². The van der Waals surface area contributed by atoms with Gasteiger partial charge in [0.2, 0.25) is 0 Å². The summed E-state index contributed by atoms with van der Waals surface area (Å²) >= 11 is 0. The minimum Gasteiger partial charge on any atom is -0.497 e. The molecule has 1 heterocycles. The fraction of sp³-hybridized carbons (Fsp3) is 0.458. The highest BCUT2D eigenvalue weighted by atomic mass is 16.5. The number of nitrogens with one attached hydrogen (secondary N) is 2. The molecule has 8 nitrogen and oxygen atoms in total. The molecule has 174 valence electrons. The van der Waals surface area contributed by atoms with E-state index >= 15 is 0 Å². The predicted octanol–water partition coefficient (Wildman–Crippen LogP) is 2.92. The summed E-state index contributed by atoms with van der Waals surface area (Å²) in [6.07, 6.45) is 0.946. The van der Waals surface area contributed by atoms with E-state index in [1.54, 1.807) is 28.4 Å². The normalized spacial score (nSPS) is 17.0. The van der Waals surface area contributed by atoms with Gasteiger partial charge in [0, 0.05) is 50.1 Å². The van der Waals surface area contributed by atoms with Crippen molar-refractivity contribution in [1.82, 2.24) is 10.6 Å². The molecule has 3 rings (SSSR count). The van der Waals surface area contributed by atoms with Gasteiger partial charge in [0.15, 0.2) is 17.5 Å². The van der Waals surface area contributed by atoms with Gasteiger partial charge in [-0.05, 0) is 25.5 Å². The molecule has 1 fully saturated rings. The molecule has 8 heteroatoms. The van der Waals surface area contributed by atoms with Crippen molar-refractivity contribution < 1.29 is 18.9 Å². The van der Waals surface area contributed by atoms with Crippen molar-refractivity contribution in [3.8, 4) is 23.0 Å². The van der Waals surface area contributed by atoms with E-state index in [4.69, 9.17) is 18.9 Å². The van der Waals surface area contributed by atoms with Gasteiger partial charge in [-0.3, -0.25) is 4.99 Å². The molecule has 0 aliphatic carbocycles. The Morgan fingerprint density at radius 1 is 1.06 bits per heavy atom. The van der Waals surface area contributed by atoms with E-state index in [-0.39, 0.29) is 12.1 Å². The van der Waals surface area contributed by atoms with Crippen LogP contribution in [0.25, 0.3) is 0 Å². The number of para-hydroxylation sites is 2. The zero-order valence-electron chi connectivity index (χ0n) is 19.6. The number of methoxy groups -OCH3 is 3. The molecule has 0 radical (unpaired) electrons. The van der Waals surface area contributed by atoms with Crippen LogP contribution in [-0.2, 0) is 0 Å². The summed E-state index contributed by atoms with van der Waals surface area (Å²) in [5.74, 6) is 3.79. The zero-order chi connectivity index (χ0) is 22.9. The van der Waals surface area contributed by atoms with Crippen LogP contribution in [0.5, 0.6) is 23.0 Å². The fourth-order valence-electron chi connectivity index (χ4n) is 3.69. The van der Waals surface area contributed by atoms with E-state index in [0.717, 1.165) is 54.2 Å². The van der Waals surface area contributed by atoms with Gasteiger partial charge in [-0.2, -0.15) is 0 Å². The fourth-order valence-corrected chi connectivity index (χ4v) is 3.69. The molecule has 0 saturated carbocycles. The molecule has 2 atom stereocenters. The molecule has 32 heavy (non-hydrogen) atoms. The summed E-state index contributed by atoms with van der Waals surface area (Å²) in [6.45, 7) is 4.43. The molecule has 0 aromatic heterocycles. The summed E-state index contributed by atoms with van der Waals surface area (Å²) in [6, 6.07) is 13.9. The van der Waals surface area contributed by atoms with Gasteiger partial charge in [0.05, 0.1) is 27.9 Å². The third kappa shape index (κ3) is 6.12. The number of rotatable bonds is 9. The average Bonchev–Trinajstić information content (AvgIpc) is 3.30. The average molecular weight is 443 g/mol. The van der Waals surface area contributed by atoms with Crippen LogP contribution in [0.15, 0.2) is 47.5 Å². The van der Waals surface area contributed by atoms with Gasteiger partial charge in [-0.25, -0.2) is 0 Å². The molecule has 2 aromatic rings. The molecule has 0 bridgehead atoms. The second-order valence-electron chi connectivity index (χ2n) is 7.68. The predicted molar refractivity (Wildman–Crippen MR) is 128 cm³/mol. The first-order valence-electron chi connectivity index (χ1n) is 10.8. The monoisotopic (exact) mass is 442 g/mol. The van der Waals surface area contributed by atoms with E-state index < -0.39 is 0 Å². The van der Waals surface area contributed by atoms with Gasteiger partial charge in [0.1, 0.15) is 17.6 Å². The van der Waals surface area contributed by atoms with Gasteiger partial charge < -0.3 is 34.5 Å². The van der Waals surface area contributed by atoms with Crippen LogP contribution in [0.4, 0.5) is 5.69 Å². The van der Waals surface area contributed by atoms with Crippen molar-refractivity contribution in [2.24, 2.45) is 4.99 Å². The third-order valence-electron chi connectivity index (χ3n) is 5.41. The van der Waals surface area contributed by atoms with Crippen LogP contribution >= 0.6 is 0 Å². The van der Waals surface area contributed by atoms with E-state index in [9.17, 15) is 0 Å². The molecule has 2 N–H and O–H groups in total. The third-order valence-corrected chi connectivity index (χ3v) is 5.41. The lowest BCUT2D eigenvalue weighted by Gasteiger charge is -2.22. The Hall–Kier alpha value is -3.29. The maximum atomic E-state index is 6.02. The van der Waals surface area contributed by atoms with Gasteiger partial charge >= 0.3 is 0 Å². The summed E-state index contributed by atoms with van der Waals surface area (Å²) in [5.41, 5.74) is 1.09. The van der Waals surface area contributed by atoms with Crippen LogP contribution in [0, 0.1) is 0 Å². The molecular formula is C24H34N4O4. The molecule has 0 spiro atoms. The quantitative estimate of drug-likeness (QED) is 0.457. The minimum atomic E-state index is -0.0609. The molecule has 2 aromatic carbocycles. The first-order chi connectivity index (χ1) is 15.6. The van der Waals surface area contributed by atoms with Crippen molar-refractivity contribution in [2.75, 3.05) is 52.9 Å². The molecule has 1 aliphatic heterocycles. The van der Waals surface area contributed by atoms with Crippen molar-refractivity contribution in [2.45, 2.75) is 25.5 Å². The second-order valence-corrected chi connectivity index (χ2v) is 7.68. The largest absolute Gasteiger partial charge is 0.497 e. The number of benzene rings is 2. The Morgan fingerprint density at radius 2 is 1.75 bits per heavy atom. The smallest absolute Gasteiger partial charge is 0.191 e. The maximum absolute atomic E-state index is 6.02. The number of aliphatic imine (C=N–C) groups is 1. The van der Waals surface area contributed by atoms with Crippen molar-refractivity contribution in [3.05, 3.63) is 42.5 Å². The number of anilines is 1. The van der Waals surface area contributed by atoms with Gasteiger partial charge in [-0.1, -0.05) is 12.1 Å². The second kappa shape index (κ2) is 11.4. The first kappa shape index (κ1) is 23.4. The number of hydrogen-bond acceptors (Lipinski definition) is 6. The highest BCUT2D eigenvalue weighted by Gasteiger charge is 2.24. The zero-order valence-corrected chi connectivity index (χ0v) is 19.6. The highest BCUT2D eigenvalue weighted by molar-refractivity contribution is 5.80. The highest BCUT2D eigenvalue weighted by Crippen LogP contribution is 2.30. The van der Waals surface area contributed by atoms with Crippen LogP contribution in [0.3, 0.4) is 0 Å². The standard InChI is InChI=1S/C24H34N4O4/c1-17(32-23-9-7-6-8-22(23)31-5)15-26-24(25-2)27-18-10-11-28(16-18)19-12-20(29-3)14-21(13-19)30-4/h6-9,12-14,17-18H,10-11,15-16H2,1-5H3,(H2,25,26,27). The first-order valence-corrected chi connectivity index (χ1v) is 10.8. The molecule has 1 saturated heterocycles. The summed E-state index contributed by atoms with van der Waals surface area (Å²) in [7, 11) is 6.76. The molecular weight excluding hydrogens is 408 g/mol. The molecule has 2 unspecified atom stereocenters. The van der Waals surface area contributed by atoms with Gasteiger partial charge in [-0.15, -0.1) is 0 Å². The lowest BCUT2D eigenvalue weighted by atomic mass is 10.2. The van der Waals surface area contributed by atoms with Crippen molar-refractivity contribution in [1.29, 1.82) is 0 Å². The van der Waals surface area contributed by atoms with Gasteiger partial charge in [0.25, 0.3) is 0 Å². The van der Waals surface area contributed by atoms with Crippen LogP contribution in [-0.4, -0.2) is 66.1 Å². The van der Waals surface area contributed by atoms with E-state index in [1.807, 2.05) is 49.4 Å². The number of hydrogen-bond donors (Lipinski definition) is 2. The maximum Gasteiger partial charge on any atom is 0.191 e. The Balaban J connectivity index is 1.51. The number of guanidine groups is 1. The summed E-state index contributed by atoms with van der Waals surface area (Å²) in [5, 5.41) is 6.88. The van der Waals surface area contributed by atoms with Crippen LogP contribution < -0.4 is 34.5 Å². The van der Waals surface area contributed by atoms with E-state index in [1.165, 1.54) is 0 Å². The van der Waals surface area contributed by atoms with Crippen LogP contribution in [0.1, 0.15) is 13.3 Å². The lowest BCUT2D eigenvalue weighted by molar-refractivity contribution is 0.213. The number of ether oxygens (including phenoxy) is 4. The SMILES string of the molecule is CN=C(NCC(C)Oc1ccccc1OC)NC1CCN(c2cc(OC)cc(OC)c2)C1. The van der Waals surface area contributed by atoms with Crippen LogP contribution in [0.2, 0.25) is 0 Å². The summed E-state index contributed by atoms with van der Waals surface area (Å²) in [4.78, 5) is 6.70. The lowest BCUT2D eigenvalue weighted by Crippen LogP contribution is -2.47. The summed E-state index contributed by atoms with van der Waals surface area (Å²) < 4.78 is 22.2. The molecule has 0 amide bonds. The van der Waals surface area contributed by atoms with Crippen molar-refractivity contribution >= 4 is 11.6 Å².